The Morgan fingerprint density at radius 3 is 1.50 bits per heavy atom. The fourth-order valence-electron chi connectivity index (χ4n) is 1.69. The molecule has 10 heteroatoms. The molecule has 0 spiro atoms. The van der Waals surface area contributed by atoms with Gasteiger partial charge in [-0.3, -0.25) is 9.97 Å². The van der Waals surface area contributed by atoms with Gasteiger partial charge >= 0.3 is 12.1 Å². The Balaban J connectivity index is 2.56. The summed E-state index contributed by atoms with van der Waals surface area (Å²) in [5.41, 5.74) is 15.4. The molecule has 2 rings (SSSR count). The number of nitrogens with zero attached hydrogens (tertiary/aromatic N) is 4. The molecular weight excluding hydrogens is 312 g/mol. The van der Waals surface area contributed by atoms with Gasteiger partial charge in [-0.15, -0.1) is 0 Å². The van der Waals surface area contributed by atoms with Crippen molar-refractivity contribution in [2.24, 2.45) is 21.7 Å². The van der Waals surface area contributed by atoms with Crippen LogP contribution >= 0.6 is 0 Å². The Labute approximate surface area is 136 Å². The van der Waals surface area contributed by atoms with E-state index in [0.717, 1.165) is 0 Å². The Kier molecular flexibility index (Phi) is 5.50. The molecule has 0 saturated carbocycles. The van der Waals surface area contributed by atoms with Crippen LogP contribution in [0.5, 0.6) is 0 Å². The van der Waals surface area contributed by atoms with Gasteiger partial charge in [0.1, 0.15) is 11.4 Å². The second-order valence-corrected chi connectivity index (χ2v) is 4.30. The summed E-state index contributed by atoms with van der Waals surface area (Å²) in [4.78, 5) is 30.3. The van der Waals surface area contributed by atoms with Crippen LogP contribution in [0.2, 0.25) is 0 Å². The highest BCUT2D eigenvalue weighted by Crippen LogP contribution is 2.06. The zero-order valence-electron chi connectivity index (χ0n) is 12.4. The maximum absolute atomic E-state index is 11.0. The van der Waals surface area contributed by atoms with Crippen LogP contribution in [0.1, 0.15) is 11.4 Å². The molecule has 2 heterocycles. The first kappa shape index (κ1) is 16.5. The predicted octanol–water partition coefficient (Wildman–Crippen LogP) is -0.0784. The highest BCUT2D eigenvalue weighted by Gasteiger charge is 2.18. The number of hydrazone groups is 2. The van der Waals surface area contributed by atoms with Gasteiger partial charge in [-0.25, -0.2) is 20.4 Å². The Hall–Kier alpha value is -3.82. The van der Waals surface area contributed by atoms with Crippen molar-refractivity contribution in [2.75, 3.05) is 0 Å². The van der Waals surface area contributed by atoms with Crippen molar-refractivity contribution in [3.05, 3.63) is 60.2 Å². The number of aromatic nitrogens is 2. The largest absolute Gasteiger partial charge is 0.350 e. The summed E-state index contributed by atoms with van der Waals surface area (Å²) in [6.45, 7) is 0. The lowest BCUT2D eigenvalue weighted by molar-refractivity contribution is 0.248. The number of urea groups is 2. The topological polar surface area (TPSA) is 161 Å². The first-order valence-corrected chi connectivity index (χ1v) is 6.67. The van der Waals surface area contributed by atoms with Crippen LogP contribution in [0, 0.1) is 0 Å². The van der Waals surface area contributed by atoms with Gasteiger partial charge in [0.05, 0.1) is 11.4 Å². The van der Waals surface area contributed by atoms with Crippen molar-refractivity contribution in [2.45, 2.75) is 0 Å². The maximum atomic E-state index is 11.0. The zero-order valence-corrected chi connectivity index (χ0v) is 12.4. The number of rotatable bonds is 5. The van der Waals surface area contributed by atoms with Gasteiger partial charge in [0.2, 0.25) is 0 Å². The number of carbonyl (C=O) groups excluding carboxylic acids is 2. The van der Waals surface area contributed by atoms with Gasteiger partial charge in [0.25, 0.3) is 0 Å². The van der Waals surface area contributed by atoms with E-state index in [0.29, 0.717) is 11.4 Å². The molecule has 24 heavy (non-hydrogen) atoms. The van der Waals surface area contributed by atoms with Gasteiger partial charge < -0.3 is 11.5 Å². The summed E-state index contributed by atoms with van der Waals surface area (Å²) in [5, 5.41) is 7.83. The van der Waals surface area contributed by atoms with Gasteiger partial charge in [0.15, 0.2) is 0 Å². The lowest BCUT2D eigenvalue weighted by atomic mass is 10.1. The summed E-state index contributed by atoms with van der Waals surface area (Å²) in [7, 11) is 0. The van der Waals surface area contributed by atoms with E-state index in [-0.39, 0.29) is 11.4 Å². The standard InChI is InChI=1S/C14H14N8O2/c15-13(23)21-19-11(9-5-1-3-7-17-9)12(20-22-14(16)24)10-6-2-4-8-18-10/h1-8H,(H3,15,21,23)(H3,16,22,24). The van der Waals surface area contributed by atoms with Gasteiger partial charge in [0, 0.05) is 12.4 Å². The molecule has 0 atom stereocenters. The summed E-state index contributed by atoms with van der Waals surface area (Å²) in [5.74, 6) is 0. The van der Waals surface area contributed by atoms with E-state index in [4.69, 9.17) is 11.5 Å². The molecule has 6 N–H and O–H groups in total. The van der Waals surface area contributed by atoms with E-state index >= 15 is 0 Å². The van der Waals surface area contributed by atoms with Crippen molar-refractivity contribution in [3.63, 3.8) is 0 Å². The molecule has 0 aliphatic heterocycles. The normalized spacial score (nSPS) is 11.7. The van der Waals surface area contributed by atoms with Crippen LogP contribution in [-0.2, 0) is 0 Å². The van der Waals surface area contributed by atoms with Crippen LogP contribution in [0.4, 0.5) is 9.59 Å². The van der Waals surface area contributed by atoms with E-state index in [2.05, 4.69) is 31.0 Å². The van der Waals surface area contributed by atoms with Crippen molar-refractivity contribution < 1.29 is 9.59 Å². The highest BCUT2D eigenvalue weighted by atomic mass is 16.2. The first-order chi connectivity index (χ1) is 11.6. The average molecular weight is 326 g/mol. The number of hydrogen-bond donors (Lipinski definition) is 4. The predicted molar refractivity (Wildman–Crippen MR) is 87.0 cm³/mol. The fraction of sp³-hybridized carbons (Fsp3) is 0. The summed E-state index contributed by atoms with van der Waals surface area (Å²) in [6.07, 6.45) is 3.07. The van der Waals surface area contributed by atoms with E-state index < -0.39 is 12.1 Å². The number of primary amides is 2. The smallest absolute Gasteiger partial charge is 0.332 e. The van der Waals surface area contributed by atoms with Crippen LogP contribution < -0.4 is 22.3 Å². The Morgan fingerprint density at radius 1 is 0.792 bits per heavy atom. The lowest BCUT2D eigenvalue weighted by Crippen LogP contribution is -2.32. The molecule has 0 fully saturated rings. The van der Waals surface area contributed by atoms with Crippen LogP contribution in [0.25, 0.3) is 0 Å². The number of nitrogens with two attached hydrogens (primary N) is 2. The van der Waals surface area contributed by atoms with Crippen molar-refractivity contribution in [1.82, 2.24) is 20.8 Å². The minimum atomic E-state index is -0.869. The Morgan fingerprint density at radius 2 is 1.21 bits per heavy atom. The van der Waals surface area contributed by atoms with E-state index in [1.165, 1.54) is 12.4 Å². The van der Waals surface area contributed by atoms with E-state index in [9.17, 15) is 9.59 Å². The van der Waals surface area contributed by atoms with E-state index in [1.807, 2.05) is 0 Å². The van der Waals surface area contributed by atoms with Crippen molar-refractivity contribution in [3.8, 4) is 0 Å². The minimum Gasteiger partial charge on any atom is -0.350 e. The summed E-state index contributed by atoms with van der Waals surface area (Å²) in [6, 6.07) is 8.41. The zero-order chi connectivity index (χ0) is 17.4. The second kappa shape index (κ2) is 7.98. The quantitative estimate of drug-likeness (QED) is 0.447. The monoisotopic (exact) mass is 326 g/mol. The first-order valence-electron chi connectivity index (χ1n) is 6.67. The number of pyridine rings is 2. The van der Waals surface area contributed by atoms with Gasteiger partial charge in [-0.2, -0.15) is 10.2 Å². The fourth-order valence-corrected chi connectivity index (χ4v) is 1.69. The van der Waals surface area contributed by atoms with Crippen molar-refractivity contribution >= 4 is 23.5 Å². The third-order valence-electron chi connectivity index (χ3n) is 2.60. The van der Waals surface area contributed by atoms with Crippen LogP contribution in [0.3, 0.4) is 0 Å². The molecule has 0 unspecified atom stereocenters. The van der Waals surface area contributed by atoms with Crippen LogP contribution in [-0.4, -0.2) is 33.5 Å². The molecular formula is C14H14N8O2. The number of amides is 4. The molecule has 10 nitrogen and oxygen atoms in total. The molecule has 4 amide bonds. The average Bonchev–Trinajstić information content (AvgIpc) is 2.59. The van der Waals surface area contributed by atoms with Crippen molar-refractivity contribution in [1.29, 1.82) is 0 Å². The SMILES string of the molecule is NC(=O)NN=C(C(=NNC(N)=O)c1ccccn1)c1ccccn1. The van der Waals surface area contributed by atoms with E-state index in [1.54, 1.807) is 36.4 Å². The summed E-state index contributed by atoms with van der Waals surface area (Å²) >= 11 is 0. The molecule has 0 aliphatic rings. The molecule has 2 aromatic rings. The van der Waals surface area contributed by atoms with Gasteiger partial charge in [-0.1, -0.05) is 12.1 Å². The third-order valence-corrected chi connectivity index (χ3v) is 2.60. The minimum absolute atomic E-state index is 0.141. The number of hydrogen-bond acceptors (Lipinski definition) is 6. The number of nitrogens with one attached hydrogen (secondary N) is 2. The second-order valence-electron chi connectivity index (χ2n) is 4.30. The molecule has 0 saturated heterocycles. The lowest BCUT2D eigenvalue weighted by Gasteiger charge is -2.09. The molecule has 0 radical (unpaired) electrons. The Bertz CT molecular complexity index is 706. The van der Waals surface area contributed by atoms with Crippen LogP contribution in [0.15, 0.2) is 59.0 Å². The third kappa shape index (κ3) is 4.59. The molecule has 0 aromatic carbocycles. The highest BCUT2D eigenvalue weighted by molar-refractivity contribution is 6.52. The van der Waals surface area contributed by atoms with Gasteiger partial charge in [-0.05, 0) is 24.3 Å². The molecule has 0 aliphatic carbocycles. The molecule has 2 aromatic heterocycles. The maximum Gasteiger partial charge on any atom is 0.332 e. The summed E-state index contributed by atoms with van der Waals surface area (Å²) < 4.78 is 0. The number of carbonyl (C=O) groups is 2. The molecule has 0 bridgehead atoms. The molecule has 122 valence electrons.